The van der Waals surface area contributed by atoms with Crippen LogP contribution in [-0.4, -0.2) is 27.7 Å². The Bertz CT molecular complexity index is 1770. The highest BCUT2D eigenvalue weighted by Gasteiger charge is 2.51. The largest absolute Gasteiger partial charge is 0.494 e. The van der Waals surface area contributed by atoms with Gasteiger partial charge in [0.15, 0.2) is 0 Å². The zero-order valence-electron chi connectivity index (χ0n) is 19.8. The molecule has 34 heavy (non-hydrogen) atoms. The van der Waals surface area contributed by atoms with E-state index in [-0.39, 0.29) is 11.2 Å². The number of imidazole rings is 1. The zero-order chi connectivity index (χ0) is 23.2. The first-order valence-corrected chi connectivity index (χ1v) is 11.8. The van der Waals surface area contributed by atoms with E-state index in [1.54, 1.807) is 0 Å². The number of hydrogen-bond donors (Lipinski definition) is 0. The smallest absolute Gasteiger partial charge is 0.399 e. The van der Waals surface area contributed by atoms with Gasteiger partial charge < -0.3 is 9.31 Å². The first kappa shape index (κ1) is 20.0. The summed E-state index contributed by atoms with van der Waals surface area (Å²) >= 11 is 0. The molecule has 0 bridgehead atoms. The molecule has 4 aromatic carbocycles. The van der Waals surface area contributed by atoms with E-state index in [2.05, 4.69) is 105 Å². The molecule has 166 valence electrons. The first-order chi connectivity index (χ1) is 16.3. The number of rotatable bonds is 1. The van der Waals surface area contributed by atoms with Crippen LogP contribution in [0.3, 0.4) is 0 Å². The molecule has 0 amide bonds. The molecule has 3 heterocycles. The molecule has 0 saturated carbocycles. The van der Waals surface area contributed by atoms with Crippen LogP contribution in [0, 0.1) is 0 Å². The van der Waals surface area contributed by atoms with Gasteiger partial charge in [-0.05, 0) is 67.5 Å². The standard InChI is InChI=1S/C29H25BN2O2/c1-28(2)29(3,4)34-30(33-28)19-14-16-21-22-15-13-18-9-5-6-10-20(18)26(22)27-31-23-11-7-8-12-24(23)32(27)25(21)17-19/h5-17H,1-4H3. The van der Waals surface area contributed by atoms with Crippen LogP contribution in [0.25, 0.3) is 49.1 Å². The number of pyridine rings is 1. The second-order valence-corrected chi connectivity index (χ2v) is 10.3. The summed E-state index contributed by atoms with van der Waals surface area (Å²) < 4.78 is 15.1. The Morgan fingerprint density at radius 3 is 2.24 bits per heavy atom. The summed E-state index contributed by atoms with van der Waals surface area (Å²) in [6.07, 6.45) is 0. The molecule has 5 heteroatoms. The Morgan fingerprint density at radius 2 is 1.41 bits per heavy atom. The van der Waals surface area contributed by atoms with Gasteiger partial charge in [0.25, 0.3) is 0 Å². The maximum Gasteiger partial charge on any atom is 0.494 e. The lowest BCUT2D eigenvalue weighted by Crippen LogP contribution is -2.41. The van der Waals surface area contributed by atoms with Crippen molar-refractivity contribution in [3.8, 4) is 0 Å². The second-order valence-electron chi connectivity index (χ2n) is 10.3. The molecule has 2 aromatic heterocycles. The Balaban J connectivity index is 1.62. The molecule has 0 radical (unpaired) electrons. The normalized spacial score (nSPS) is 17.6. The molecule has 0 unspecified atom stereocenters. The molecule has 4 nitrogen and oxygen atoms in total. The molecular formula is C29H25BN2O2. The number of benzene rings is 4. The molecule has 6 aromatic rings. The van der Waals surface area contributed by atoms with Crippen molar-refractivity contribution in [1.82, 2.24) is 9.38 Å². The van der Waals surface area contributed by atoms with Crippen LogP contribution in [0.5, 0.6) is 0 Å². The predicted octanol–water partition coefficient (Wildman–Crippen LogP) is 6.25. The Hall–Kier alpha value is -3.41. The second kappa shape index (κ2) is 6.59. The van der Waals surface area contributed by atoms with Gasteiger partial charge in [0, 0.05) is 10.8 Å². The van der Waals surface area contributed by atoms with Gasteiger partial charge >= 0.3 is 7.12 Å². The van der Waals surface area contributed by atoms with Gasteiger partial charge in [-0.15, -0.1) is 0 Å². The summed E-state index contributed by atoms with van der Waals surface area (Å²) in [6.45, 7) is 8.37. The number of nitrogens with zero attached hydrogens (tertiary/aromatic N) is 2. The Morgan fingerprint density at radius 1 is 0.706 bits per heavy atom. The van der Waals surface area contributed by atoms with Crippen LogP contribution in [0.4, 0.5) is 0 Å². The average molecular weight is 444 g/mol. The minimum Gasteiger partial charge on any atom is -0.399 e. The van der Waals surface area contributed by atoms with Gasteiger partial charge in [-0.3, -0.25) is 4.40 Å². The van der Waals surface area contributed by atoms with Crippen molar-refractivity contribution in [2.75, 3.05) is 0 Å². The van der Waals surface area contributed by atoms with E-state index in [9.17, 15) is 0 Å². The molecule has 7 rings (SSSR count). The van der Waals surface area contributed by atoms with E-state index in [1.807, 2.05) is 6.07 Å². The van der Waals surface area contributed by atoms with Crippen molar-refractivity contribution in [1.29, 1.82) is 0 Å². The van der Waals surface area contributed by atoms with Crippen molar-refractivity contribution in [2.45, 2.75) is 38.9 Å². The van der Waals surface area contributed by atoms with Crippen molar-refractivity contribution >= 4 is 61.7 Å². The van der Waals surface area contributed by atoms with Gasteiger partial charge in [0.2, 0.25) is 0 Å². The third-order valence-electron chi connectivity index (χ3n) is 7.79. The van der Waals surface area contributed by atoms with Crippen molar-refractivity contribution in [3.63, 3.8) is 0 Å². The van der Waals surface area contributed by atoms with E-state index in [1.165, 1.54) is 26.9 Å². The minimum absolute atomic E-state index is 0.383. The minimum atomic E-state index is -0.411. The third-order valence-corrected chi connectivity index (χ3v) is 7.79. The fourth-order valence-electron chi connectivity index (χ4n) is 5.26. The molecule has 0 spiro atoms. The van der Waals surface area contributed by atoms with Crippen LogP contribution in [0.1, 0.15) is 27.7 Å². The van der Waals surface area contributed by atoms with Crippen LogP contribution in [0.2, 0.25) is 0 Å². The number of para-hydroxylation sites is 2. The maximum atomic E-state index is 6.38. The quantitative estimate of drug-likeness (QED) is 0.222. The van der Waals surface area contributed by atoms with Crippen molar-refractivity contribution in [3.05, 3.63) is 78.9 Å². The van der Waals surface area contributed by atoms with Crippen LogP contribution < -0.4 is 5.46 Å². The van der Waals surface area contributed by atoms with Gasteiger partial charge in [0.05, 0.1) is 27.8 Å². The molecule has 1 aliphatic heterocycles. The number of aromatic nitrogens is 2. The van der Waals surface area contributed by atoms with Gasteiger partial charge in [-0.2, -0.15) is 0 Å². The molecule has 0 aliphatic carbocycles. The topological polar surface area (TPSA) is 35.8 Å². The lowest BCUT2D eigenvalue weighted by Gasteiger charge is -2.32. The van der Waals surface area contributed by atoms with Gasteiger partial charge in [0.1, 0.15) is 5.65 Å². The molecule has 1 fully saturated rings. The Kier molecular flexibility index (Phi) is 3.88. The fraction of sp³-hybridized carbons (Fsp3) is 0.207. The highest BCUT2D eigenvalue weighted by Crippen LogP contribution is 2.38. The lowest BCUT2D eigenvalue weighted by atomic mass is 9.78. The van der Waals surface area contributed by atoms with Crippen molar-refractivity contribution < 1.29 is 9.31 Å². The summed E-state index contributed by atoms with van der Waals surface area (Å²) in [5.41, 5.74) is 4.43. The summed E-state index contributed by atoms with van der Waals surface area (Å²) in [5.74, 6) is 0. The maximum absolute atomic E-state index is 6.38. The number of fused-ring (bicyclic) bond motifs is 10. The average Bonchev–Trinajstić information content (AvgIpc) is 3.32. The molecule has 1 aliphatic rings. The zero-order valence-corrected chi connectivity index (χ0v) is 19.8. The molecule has 1 saturated heterocycles. The molecular weight excluding hydrogens is 419 g/mol. The van der Waals surface area contributed by atoms with E-state index in [0.717, 1.165) is 27.7 Å². The molecule has 0 atom stereocenters. The number of hydrogen-bond acceptors (Lipinski definition) is 3. The summed E-state index contributed by atoms with van der Waals surface area (Å²) in [7, 11) is -0.411. The third kappa shape index (κ3) is 2.60. The summed E-state index contributed by atoms with van der Waals surface area (Å²) in [5, 5.41) is 6.02. The van der Waals surface area contributed by atoms with Gasteiger partial charge in [-0.25, -0.2) is 4.98 Å². The van der Waals surface area contributed by atoms with E-state index in [4.69, 9.17) is 14.3 Å². The molecule has 0 N–H and O–H groups in total. The fourth-order valence-corrected chi connectivity index (χ4v) is 5.26. The van der Waals surface area contributed by atoms with E-state index >= 15 is 0 Å². The van der Waals surface area contributed by atoms with Crippen molar-refractivity contribution in [2.24, 2.45) is 0 Å². The highest BCUT2D eigenvalue weighted by atomic mass is 16.7. The summed E-state index contributed by atoms with van der Waals surface area (Å²) in [6, 6.07) is 27.9. The summed E-state index contributed by atoms with van der Waals surface area (Å²) in [4.78, 5) is 5.12. The van der Waals surface area contributed by atoms with Gasteiger partial charge in [-0.1, -0.05) is 60.7 Å². The SMILES string of the molecule is CC1(C)OB(c2ccc3c4ccc5ccccc5c4c4nc5ccccc5n4c3c2)OC1(C)C. The predicted molar refractivity (Wildman–Crippen MR) is 141 cm³/mol. The van der Waals surface area contributed by atoms with Crippen LogP contribution in [-0.2, 0) is 9.31 Å². The van der Waals surface area contributed by atoms with Crippen LogP contribution in [0.15, 0.2) is 78.9 Å². The van der Waals surface area contributed by atoms with Crippen LogP contribution >= 0.6 is 0 Å². The van der Waals surface area contributed by atoms with E-state index in [0.29, 0.717) is 0 Å². The Labute approximate surface area is 198 Å². The first-order valence-electron chi connectivity index (χ1n) is 11.8. The monoisotopic (exact) mass is 444 g/mol. The van der Waals surface area contributed by atoms with E-state index < -0.39 is 7.12 Å². The highest BCUT2D eigenvalue weighted by molar-refractivity contribution is 6.62. The lowest BCUT2D eigenvalue weighted by molar-refractivity contribution is 0.00578.